The Kier molecular flexibility index (Phi) is 8.06. The second kappa shape index (κ2) is 12.5. The van der Waals surface area contributed by atoms with E-state index in [1.54, 1.807) is 14.2 Å². The lowest BCUT2D eigenvalue weighted by molar-refractivity contribution is 0.415. The van der Waals surface area contributed by atoms with Gasteiger partial charge in [0.2, 0.25) is 0 Å². The largest absolute Gasteiger partial charge is 0.497 e. The Hall–Kier alpha value is -5.54. The van der Waals surface area contributed by atoms with Gasteiger partial charge in [0, 0.05) is 16.9 Å². The van der Waals surface area contributed by atoms with Crippen LogP contribution in [0.2, 0.25) is 0 Å². The molecule has 0 unspecified atom stereocenters. The SMILES string of the molecule is C=Cc1ccccc1-c1ccccc1N(c1ccc(-c2ccc(OC)cc2)cc1)c1ccc(-c2ccc(OC)cc2)cc1. The number of benzene rings is 6. The van der Waals surface area contributed by atoms with Gasteiger partial charge in [-0.15, -0.1) is 0 Å². The molecule has 6 aromatic carbocycles. The Morgan fingerprint density at radius 1 is 0.465 bits per heavy atom. The van der Waals surface area contributed by atoms with Gasteiger partial charge < -0.3 is 14.4 Å². The first-order chi connectivity index (χ1) is 21.2. The molecule has 0 radical (unpaired) electrons. The summed E-state index contributed by atoms with van der Waals surface area (Å²) in [7, 11) is 3.38. The van der Waals surface area contributed by atoms with Crippen LogP contribution in [0.1, 0.15) is 5.56 Å². The highest BCUT2D eigenvalue weighted by Crippen LogP contribution is 2.42. The van der Waals surface area contributed by atoms with Crippen LogP contribution in [-0.2, 0) is 0 Å². The summed E-state index contributed by atoms with van der Waals surface area (Å²) in [6.45, 7) is 4.08. The minimum absolute atomic E-state index is 0.848. The summed E-state index contributed by atoms with van der Waals surface area (Å²) >= 11 is 0. The summed E-state index contributed by atoms with van der Waals surface area (Å²) < 4.78 is 10.7. The fourth-order valence-electron chi connectivity index (χ4n) is 5.42. The maximum atomic E-state index is 5.35. The third-order valence-electron chi connectivity index (χ3n) is 7.71. The maximum Gasteiger partial charge on any atom is 0.118 e. The van der Waals surface area contributed by atoms with Gasteiger partial charge in [0.25, 0.3) is 0 Å². The van der Waals surface area contributed by atoms with Crippen molar-refractivity contribution < 1.29 is 9.47 Å². The Balaban J connectivity index is 1.45. The van der Waals surface area contributed by atoms with Crippen LogP contribution < -0.4 is 14.4 Å². The van der Waals surface area contributed by atoms with Crippen LogP contribution in [0.25, 0.3) is 39.5 Å². The van der Waals surface area contributed by atoms with E-state index in [0.717, 1.165) is 67.5 Å². The van der Waals surface area contributed by atoms with Crippen molar-refractivity contribution >= 4 is 23.1 Å². The van der Waals surface area contributed by atoms with E-state index >= 15 is 0 Å². The molecule has 0 saturated heterocycles. The first-order valence-corrected chi connectivity index (χ1v) is 14.3. The monoisotopic (exact) mass is 559 g/mol. The van der Waals surface area contributed by atoms with Crippen LogP contribution in [0.3, 0.4) is 0 Å². The lowest BCUT2D eigenvalue weighted by atomic mass is 9.96. The maximum absolute atomic E-state index is 5.35. The average Bonchev–Trinajstić information content (AvgIpc) is 3.09. The molecule has 6 aromatic rings. The predicted molar refractivity (Wildman–Crippen MR) is 181 cm³/mol. The van der Waals surface area contributed by atoms with Crippen molar-refractivity contribution in [2.75, 3.05) is 19.1 Å². The number of nitrogens with zero attached hydrogens (tertiary/aromatic N) is 1. The number of methoxy groups -OCH3 is 2. The highest BCUT2D eigenvalue weighted by Gasteiger charge is 2.18. The van der Waals surface area contributed by atoms with Crippen molar-refractivity contribution in [1.82, 2.24) is 0 Å². The molecular weight excluding hydrogens is 526 g/mol. The molecule has 0 spiro atoms. The van der Waals surface area contributed by atoms with Gasteiger partial charge in [0.05, 0.1) is 19.9 Å². The molecule has 0 amide bonds. The molecule has 0 aromatic heterocycles. The lowest BCUT2D eigenvalue weighted by Crippen LogP contribution is -2.11. The lowest BCUT2D eigenvalue weighted by Gasteiger charge is -2.28. The average molecular weight is 560 g/mol. The molecule has 6 rings (SSSR count). The first-order valence-electron chi connectivity index (χ1n) is 14.3. The fraction of sp³-hybridized carbons (Fsp3) is 0.0500. The van der Waals surface area contributed by atoms with Gasteiger partial charge in [-0.2, -0.15) is 0 Å². The topological polar surface area (TPSA) is 21.7 Å². The molecule has 0 fully saturated rings. The summed E-state index contributed by atoms with van der Waals surface area (Å²) in [5.74, 6) is 1.70. The van der Waals surface area contributed by atoms with E-state index in [-0.39, 0.29) is 0 Å². The van der Waals surface area contributed by atoms with Gasteiger partial charge in [0.15, 0.2) is 0 Å². The van der Waals surface area contributed by atoms with Gasteiger partial charge in [-0.05, 0) is 88.0 Å². The van der Waals surface area contributed by atoms with E-state index in [2.05, 4.69) is 133 Å². The highest BCUT2D eigenvalue weighted by molar-refractivity contribution is 5.91. The predicted octanol–water partition coefficient (Wildman–Crippen LogP) is 10.8. The summed E-state index contributed by atoms with van der Waals surface area (Å²) in [5.41, 5.74) is 11.2. The number of hydrogen-bond acceptors (Lipinski definition) is 3. The van der Waals surface area contributed by atoms with Crippen LogP contribution in [0.15, 0.2) is 152 Å². The highest BCUT2D eigenvalue weighted by atomic mass is 16.5. The van der Waals surface area contributed by atoms with Crippen molar-refractivity contribution in [2.45, 2.75) is 0 Å². The van der Waals surface area contributed by atoms with Crippen LogP contribution in [0.5, 0.6) is 11.5 Å². The molecule has 210 valence electrons. The Morgan fingerprint density at radius 3 is 1.30 bits per heavy atom. The van der Waals surface area contributed by atoms with Crippen LogP contribution >= 0.6 is 0 Å². The summed E-state index contributed by atoms with van der Waals surface area (Å²) in [6, 6.07) is 50.7. The van der Waals surface area contributed by atoms with E-state index in [9.17, 15) is 0 Å². The van der Waals surface area contributed by atoms with E-state index in [4.69, 9.17) is 9.47 Å². The minimum Gasteiger partial charge on any atom is -0.497 e. The standard InChI is InChI=1S/C40H33NO2/c1-4-29-9-5-6-10-38(29)39-11-7-8-12-40(39)41(34-21-13-30(14-22-34)32-17-25-36(42-2)26-18-32)35-23-15-31(16-24-35)33-19-27-37(43-3)28-20-33/h4-28H,1H2,2-3H3. The second-order valence-electron chi connectivity index (χ2n) is 10.2. The number of hydrogen-bond donors (Lipinski definition) is 0. The number of rotatable bonds is 9. The van der Waals surface area contributed by atoms with Gasteiger partial charge in [-0.25, -0.2) is 0 Å². The van der Waals surface area contributed by atoms with Crippen molar-refractivity contribution in [3.8, 4) is 44.9 Å². The van der Waals surface area contributed by atoms with E-state index in [1.165, 1.54) is 0 Å². The molecule has 0 atom stereocenters. The number of ether oxygens (including phenoxy) is 2. The molecule has 43 heavy (non-hydrogen) atoms. The van der Waals surface area contributed by atoms with Crippen LogP contribution in [0.4, 0.5) is 17.1 Å². The van der Waals surface area contributed by atoms with E-state index in [1.807, 2.05) is 30.3 Å². The molecule has 0 aliphatic carbocycles. The molecule has 0 aliphatic heterocycles. The summed E-state index contributed by atoms with van der Waals surface area (Å²) in [6.07, 6.45) is 1.92. The fourth-order valence-corrected chi connectivity index (χ4v) is 5.42. The minimum atomic E-state index is 0.848. The third kappa shape index (κ3) is 5.79. The summed E-state index contributed by atoms with van der Waals surface area (Å²) in [5, 5.41) is 0. The van der Waals surface area contributed by atoms with Crippen LogP contribution in [-0.4, -0.2) is 14.2 Å². The summed E-state index contributed by atoms with van der Waals surface area (Å²) in [4.78, 5) is 2.32. The normalized spacial score (nSPS) is 10.7. The smallest absolute Gasteiger partial charge is 0.118 e. The quantitative estimate of drug-likeness (QED) is 0.176. The van der Waals surface area contributed by atoms with Crippen molar-refractivity contribution in [2.24, 2.45) is 0 Å². The first kappa shape index (κ1) is 27.6. The van der Waals surface area contributed by atoms with Gasteiger partial charge >= 0.3 is 0 Å². The Labute approximate surface area is 253 Å². The van der Waals surface area contributed by atoms with E-state index in [0.29, 0.717) is 0 Å². The number of anilines is 3. The third-order valence-corrected chi connectivity index (χ3v) is 7.71. The van der Waals surface area contributed by atoms with E-state index < -0.39 is 0 Å². The molecule has 0 bridgehead atoms. The van der Waals surface area contributed by atoms with Crippen molar-refractivity contribution in [1.29, 1.82) is 0 Å². The number of para-hydroxylation sites is 1. The van der Waals surface area contributed by atoms with Crippen molar-refractivity contribution in [3.05, 3.63) is 158 Å². The molecule has 3 nitrogen and oxygen atoms in total. The van der Waals surface area contributed by atoms with Crippen molar-refractivity contribution in [3.63, 3.8) is 0 Å². The molecule has 0 N–H and O–H groups in total. The Morgan fingerprint density at radius 2 is 0.860 bits per heavy atom. The molecule has 0 saturated carbocycles. The molecule has 0 heterocycles. The zero-order valence-corrected chi connectivity index (χ0v) is 24.4. The van der Waals surface area contributed by atoms with Gasteiger partial charge in [-0.1, -0.05) is 104 Å². The molecular formula is C40H33NO2. The van der Waals surface area contributed by atoms with Gasteiger partial charge in [-0.3, -0.25) is 0 Å². The van der Waals surface area contributed by atoms with Crippen LogP contribution in [0, 0.1) is 0 Å². The molecule has 0 aliphatic rings. The second-order valence-corrected chi connectivity index (χ2v) is 10.2. The van der Waals surface area contributed by atoms with Gasteiger partial charge in [0.1, 0.15) is 11.5 Å². The zero-order chi connectivity index (χ0) is 29.6. The zero-order valence-electron chi connectivity index (χ0n) is 24.4. The Bertz CT molecular complexity index is 1730. The molecule has 3 heteroatoms.